The standard InChI is InChI=1S/C19H22O/c1-2-19(20)14-13-18(17-11-7-4-8-12-17)15-16-9-5-3-6-10-16/h3-12,15,19-20H,2,13-14H2,1H3. The van der Waals surface area contributed by atoms with Crippen molar-refractivity contribution >= 4 is 11.6 Å². The van der Waals surface area contributed by atoms with E-state index in [1.807, 2.05) is 19.1 Å². The Bertz CT molecular complexity index is 528. The lowest BCUT2D eigenvalue weighted by molar-refractivity contribution is 0.162. The Morgan fingerprint density at radius 2 is 1.60 bits per heavy atom. The highest BCUT2D eigenvalue weighted by Crippen LogP contribution is 2.24. The average molecular weight is 266 g/mol. The maximum Gasteiger partial charge on any atom is 0.0540 e. The summed E-state index contributed by atoms with van der Waals surface area (Å²) in [4.78, 5) is 0. The highest BCUT2D eigenvalue weighted by Gasteiger charge is 2.06. The van der Waals surface area contributed by atoms with Gasteiger partial charge >= 0.3 is 0 Å². The first-order valence-corrected chi connectivity index (χ1v) is 7.28. The van der Waals surface area contributed by atoms with Gasteiger partial charge in [0.1, 0.15) is 0 Å². The van der Waals surface area contributed by atoms with Gasteiger partial charge < -0.3 is 5.11 Å². The van der Waals surface area contributed by atoms with Crippen molar-refractivity contribution in [3.63, 3.8) is 0 Å². The van der Waals surface area contributed by atoms with Gasteiger partial charge in [0.05, 0.1) is 6.10 Å². The third-order valence-electron chi connectivity index (χ3n) is 3.50. The Morgan fingerprint density at radius 3 is 2.20 bits per heavy atom. The van der Waals surface area contributed by atoms with Gasteiger partial charge in [-0.25, -0.2) is 0 Å². The summed E-state index contributed by atoms with van der Waals surface area (Å²) in [5, 5.41) is 9.79. The molecule has 0 aromatic heterocycles. The lowest BCUT2D eigenvalue weighted by Gasteiger charge is -2.11. The van der Waals surface area contributed by atoms with Gasteiger partial charge in [-0.05, 0) is 36.0 Å². The molecular weight excluding hydrogens is 244 g/mol. The van der Waals surface area contributed by atoms with Crippen LogP contribution in [-0.2, 0) is 0 Å². The number of aliphatic hydroxyl groups is 1. The lowest BCUT2D eigenvalue weighted by Crippen LogP contribution is -2.04. The molecule has 0 spiro atoms. The number of hydrogen-bond donors (Lipinski definition) is 1. The van der Waals surface area contributed by atoms with Gasteiger partial charge in [-0.1, -0.05) is 73.7 Å². The van der Waals surface area contributed by atoms with Crippen molar-refractivity contribution < 1.29 is 5.11 Å². The molecular formula is C19H22O. The Hall–Kier alpha value is -1.86. The Labute approximate surface area is 121 Å². The van der Waals surface area contributed by atoms with Gasteiger partial charge in [0.25, 0.3) is 0 Å². The zero-order chi connectivity index (χ0) is 14.2. The molecule has 0 aliphatic rings. The van der Waals surface area contributed by atoms with E-state index in [1.54, 1.807) is 0 Å². The van der Waals surface area contributed by atoms with Gasteiger partial charge in [-0.15, -0.1) is 0 Å². The lowest BCUT2D eigenvalue weighted by atomic mass is 9.96. The van der Waals surface area contributed by atoms with E-state index >= 15 is 0 Å². The molecule has 0 saturated heterocycles. The first-order chi connectivity index (χ1) is 9.79. The molecule has 0 radical (unpaired) electrons. The second-order valence-electron chi connectivity index (χ2n) is 5.05. The molecule has 0 amide bonds. The molecule has 0 bridgehead atoms. The van der Waals surface area contributed by atoms with E-state index in [0.29, 0.717) is 0 Å². The fourth-order valence-corrected chi connectivity index (χ4v) is 2.23. The molecule has 0 fully saturated rings. The molecule has 0 heterocycles. The Balaban J connectivity index is 2.23. The zero-order valence-electron chi connectivity index (χ0n) is 12.0. The van der Waals surface area contributed by atoms with E-state index in [2.05, 4.69) is 54.6 Å². The topological polar surface area (TPSA) is 20.2 Å². The first kappa shape index (κ1) is 14.5. The molecule has 104 valence electrons. The average Bonchev–Trinajstić information content (AvgIpc) is 2.53. The van der Waals surface area contributed by atoms with Crippen LogP contribution >= 0.6 is 0 Å². The Morgan fingerprint density at radius 1 is 1.00 bits per heavy atom. The molecule has 0 aliphatic heterocycles. The minimum absolute atomic E-state index is 0.210. The van der Waals surface area contributed by atoms with Gasteiger partial charge in [-0.3, -0.25) is 0 Å². The molecule has 2 rings (SSSR count). The molecule has 1 heteroatoms. The quantitative estimate of drug-likeness (QED) is 0.746. The molecule has 1 N–H and O–H groups in total. The fourth-order valence-electron chi connectivity index (χ4n) is 2.23. The van der Waals surface area contributed by atoms with Crippen molar-refractivity contribution in [2.24, 2.45) is 0 Å². The van der Waals surface area contributed by atoms with Crippen LogP contribution in [0.4, 0.5) is 0 Å². The summed E-state index contributed by atoms with van der Waals surface area (Å²) in [5.41, 5.74) is 3.72. The van der Waals surface area contributed by atoms with Crippen molar-refractivity contribution in [2.45, 2.75) is 32.3 Å². The predicted octanol–water partition coefficient (Wildman–Crippen LogP) is 4.78. The van der Waals surface area contributed by atoms with Crippen LogP contribution in [0, 0.1) is 0 Å². The molecule has 1 atom stereocenters. The SMILES string of the molecule is CCC(O)CCC(=Cc1ccccc1)c1ccccc1. The van der Waals surface area contributed by atoms with Crippen LogP contribution < -0.4 is 0 Å². The van der Waals surface area contributed by atoms with Crippen molar-refractivity contribution in [1.29, 1.82) is 0 Å². The zero-order valence-corrected chi connectivity index (χ0v) is 12.0. The van der Waals surface area contributed by atoms with Crippen LogP contribution in [0.2, 0.25) is 0 Å². The summed E-state index contributed by atoms with van der Waals surface area (Å²) >= 11 is 0. The third-order valence-corrected chi connectivity index (χ3v) is 3.50. The maximum absolute atomic E-state index is 9.79. The van der Waals surface area contributed by atoms with Gasteiger partial charge in [0.15, 0.2) is 0 Å². The van der Waals surface area contributed by atoms with Crippen LogP contribution in [0.3, 0.4) is 0 Å². The van der Waals surface area contributed by atoms with Crippen molar-refractivity contribution in [3.8, 4) is 0 Å². The smallest absolute Gasteiger partial charge is 0.0540 e. The number of hydrogen-bond acceptors (Lipinski definition) is 1. The monoisotopic (exact) mass is 266 g/mol. The molecule has 2 aromatic rings. The predicted molar refractivity (Wildman–Crippen MR) is 86.3 cm³/mol. The molecule has 20 heavy (non-hydrogen) atoms. The highest BCUT2D eigenvalue weighted by atomic mass is 16.3. The Kier molecular flexibility index (Phi) is 5.57. The minimum atomic E-state index is -0.210. The number of rotatable bonds is 6. The first-order valence-electron chi connectivity index (χ1n) is 7.28. The van der Waals surface area contributed by atoms with Crippen LogP contribution in [0.25, 0.3) is 11.6 Å². The fraction of sp³-hybridized carbons (Fsp3) is 0.263. The normalized spacial score (nSPS) is 13.2. The summed E-state index contributed by atoms with van der Waals surface area (Å²) in [6.45, 7) is 2.02. The summed E-state index contributed by atoms with van der Waals surface area (Å²) in [7, 11) is 0. The van der Waals surface area contributed by atoms with E-state index in [4.69, 9.17) is 0 Å². The van der Waals surface area contributed by atoms with Crippen molar-refractivity contribution in [2.75, 3.05) is 0 Å². The van der Waals surface area contributed by atoms with Crippen LogP contribution in [-0.4, -0.2) is 11.2 Å². The van der Waals surface area contributed by atoms with E-state index in [-0.39, 0.29) is 6.10 Å². The molecule has 0 saturated carbocycles. The minimum Gasteiger partial charge on any atom is -0.393 e. The number of benzene rings is 2. The summed E-state index contributed by atoms with van der Waals surface area (Å²) in [6.07, 6.45) is 4.53. The van der Waals surface area contributed by atoms with Crippen LogP contribution in [0.5, 0.6) is 0 Å². The van der Waals surface area contributed by atoms with E-state index in [0.717, 1.165) is 19.3 Å². The second kappa shape index (κ2) is 7.66. The summed E-state index contributed by atoms with van der Waals surface area (Å²) in [6, 6.07) is 20.8. The van der Waals surface area contributed by atoms with Crippen molar-refractivity contribution in [1.82, 2.24) is 0 Å². The van der Waals surface area contributed by atoms with Gasteiger partial charge in [0, 0.05) is 0 Å². The van der Waals surface area contributed by atoms with Gasteiger partial charge in [-0.2, -0.15) is 0 Å². The highest BCUT2D eigenvalue weighted by molar-refractivity contribution is 5.81. The molecule has 2 aromatic carbocycles. The number of allylic oxidation sites excluding steroid dienone is 1. The van der Waals surface area contributed by atoms with Gasteiger partial charge in [0.2, 0.25) is 0 Å². The largest absolute Gasteiger partial charge is 0.393 e. The maximum atomic E-state index is 9.79. The van der Waals surface area contributed by atoms with Crippen LogP contribution in [0.1, 0.15) is 37.3 Å². The summed E-state index contributed by atoms with van der Waals surface area (Å²) < 4.78 is 0. The molecule has 0 aliphatic carbocycles. The summed E-state index contributed by atoms with van der Waals surface area (Å²) in [5.74, 6) is 0. The van der Waals surface area contributed by atoms with Crippen LogP contribution in [0.15, 0.2) is 60.7 Å². The number of aliphatic hydroxyl groups excluding tert-OH is 1. The van der Waals surface area contributed by atoms with E-state index < -0.39 is 0 Å². The van der Waals surface area contributed by atoms with E-state index in [9.17, 15) is 5.11 Å². The third kappa shape index (κ3) is 4.36. The molecule has 1 nitrogen and oxygen atoms in total. The molecule has 1 unspecified atom stereocenters. The van der Waals surface area contributed by atoms with E-state index in [1.165, 1.54) is 16.7 Å². The second-order valence-corrected chi connectivity index (χ2v) is 5.05. The van der Waals surface area contributed by atoms with Crippen molar-refractivity contribution in [3.05, 3.63) is 71.8 Å².